The maximum atomic E-state index is 2.41. The van der Waals surface area contributed by atoms with Gasteiger partial charge in [0, 0.05) is 5.92 Å². The van der Waals surface area contributed by atoms with Gasteiger partial charge in [0.25, 0.3) is 0 Å². The summed E-state index contributed by atoms with van der Waals surface area (Å²) in [6, 6.07) is 0. The number of hydrogen-bond acceptors (Lipinski definition) is 0. The molecule has 2 aliphatic rings. The Bertz CT molecular complexity index is 300. The van der Waals surface area contributed by atoms with Crippen molar-refractivity contribution in [2.75, 3.05) is 0 Å². The Kier molecular flexibility index (Phi) is 2.49. The molecule has 0 heteroatoms. The molecule has 0 aromatic carbocycles. The second-order valence-corrected chi connectivity index (χ2v) is 3.78. The molecule has 0 saturated heterocycles. The predicted molar refractivity (Wildman–Crippen MR) is 57.5 cm³/mol. The van der Waals surface area contributed by atoms with E-state index in [0.29, 0.717) is 5.92 Å². The standard InChI is InChI=1S/C13H16/c1-11-7-5-6-10-13(11)12-8-3-2-4-9-12/h2-4,7-8,10,12H,5-6,9H2,1H3. The number of hydrogen-bond donors (Lipinski definition) is 0. The van der Waals surface area contributed by atoms with Gasteiger partial charge in [0.15, 0.2) is 0 Å². The van der Waals surface area contributed by atoms with Crippen LogP contribution in [-0.4, -0.2) is 0 Å². The molecule has 0 radical (unpaired) electrons. The Morgan fingerprint density at radius 1 is 1.15 bits per heavy atom. The van der Waals surface area contributed by atoms with Gasteiger partial charge in [-0.25, -0.2) is 0 Å². The molecule has 0 aromatic rings. The quantitative estimate of drug-likeness (QED) is 0.564. The first-order valence-corrected chi connectivity index (χ1v) is 5.08. The predicted octanol–water partition coefficient (Wildman–Crippen LogP) is 3.79. The summed E-state index contributed by atoms with van der Waals surface area (Å²) >= 11 is 0. The molecule has 1 unspecified atom stereocenters. The van der Waals surface area contributed by atoms with Crippen molar-refractivity contribution in [2.24, 2.45) is 5.92 Å². The molecule has 2 aliphatic carbocycles. The highest BCUT2D eigenvalue weighted by Crippen LogP contribution is 2.29. The smallest absolute Gasteiger partial charge is 0.00550 e. The largest absolute Gasteiger partial charge is 0.0836 e. The van der Waals surface area contributed by atoms with Gasteiger partial charge >= 0.3 is 0 Å². The van der Waals surface area contributed by atoms with Gasteiger partial charge in [0.1, 0.15) is 0 Å². The van der Waals surface area contributed by atoms with Gasteiger partial charge in [-0.1, -0.05) is 42.0 Å². The molecule has 0 N–H and O–H groups in total. The van der Waals surface area contributed by atoms with E-state index >= 15 is 0 Å². The van der Waals surface area contributed by atoms with Gasteiger partial charge in [0.2, 0.25) is 0 Å². The van der Waals surface area contributed by atoms with Crippen LogP contribution in [0, 0.1) is 5.92 Å². The summed E-state index contributed by atoms with van der Waals surface area (Å²) in [5.74, 6) is 0.640. The molecule has 0 fully saturated rings. The number of allylic oxidation sites excluding steroid dienone is 8. The molecule has 68 valence electrons. The van der Waals surface area contributed by atoms with Crippen LogP contribution in [0.15, 0.2) is 47.6 Å². The third kappa shape index (κ3) is 1.82. The van der Waals surface area contributed by atoms with Gasteiger partial charge in [-0.15, -0.1) is 0 Å². The second kappa shape index (κ2) is 3.78. The molecule has 0 amide bonds. The van der Waals surface area contributed by atoms with E-state index in [1.165, 1.54) is 24.8 Å². The zero-order valence-corrected chi connectivity index (χ0v) is 8.16. The minimum absolute atomic E-state index is 0.640. The highest BCUT2D eigenvalue weighted by atomic mass is 14.2. The van der Waals surface area contributed by atoms with E-state index in [-0.39, 0.29) is 0 Å². The van der Waals surface area contributed by atoms with Crippen LogP contribution in [-0.2, 0) is 0 Å². The van der Waals surface area contributed by atoms with Crippen LogP contribution in [0.4, 0.5) is 0 Å². The summed E-state index contributed by atoms with van der Waals surface area (Å²) < 4.78 is 0. The molecule has 0 aliphatic heterocycles. The van der Waals surface area contributed by atoms with Crippen molar-refractivity contribution < 1.29 is 0 Å². The molecular formula is C13H16. The molecule has 0 spiro atoms. The zero-order chi connectivity index (χ0) is 9.10. The fraction of sp³-hybridized carbons (Fsp3) is 0.385. The van der Waals surface area contributed by atoms with Crippen molar-refractivity contribution in [3.63, 3.8) is 0 Å². The van der Waals surface area contributed by atoms with Crippen molar-refractivity contribution in [3.8, 4) is 0 Å². The number of rotatable bonds is 1. The van der Waals surface area contributed by atoms with Crippen LogP contribution in [0.2, 0.25) is 0 Å². The van der Waals surface area contributed by atoms with Crippen molar-refractivity contribution in [3.05, 3.63) is 47.6 Å². The Morgan fingerprint density at radius 2 is 2.00 bits per heavy atom. The van der Waals surface area contributed by atoms with Gasteiger partial charge in [0.05, 0.1) is 0 Å². The van der Waals surface area contributed by atoms with Crippen LogP contribution in [0.25, 0.3) is 0 Å². The summed E-state index contributed by atoms with van der Waals surface area (Å²) in [4.78, 5) is 0. The fourth-order valence-electron chi connectivity index (χ4n) is 2.07. The molecule has 1 atom stereocenters. The zero-order valence-electron chi connectivity index (χ0n) is 8.16. The monoisotopic (exact) mass is 172 g/mol. The van der Waals surface area contributed by atoms with E-state index in [9.17, 15) is 0 Å². The molecule has 0 aromatic heterocycles. The lowest BCUT2D eigenvalue weighted by atomic mass is 9.85. The summed E-state index contributed by atoms with van der Waals surface area (Å²) in [6.07, 6.45) is 17.3. The SMILES string of the molecule is CC1=CCCC=C1C1C=CC=CC1. The third-order valence-electron chi connectivity index (χ3n) is 2.82. The van der Waals surface area contributed by atoms with Crippen LogP contribution in [0.5, 0.6) is 0 Å². The molecule has 2 rings (SSSR count). The third-order valence-corrected chi connectivity index (χ3v) is 2.82. The minimum atomic E-state index is 0.640. The van der Waals surface area contributed by atoms with E-state index in [1.54, 1.807) is 5.57 Å². The summed E-state index contributed by atoms with van der Waals surface area (Å²) in [5.41, 5.74) is 3.03. The second-order valence-electron chi connectivity index (χ2n) is 3.78. The summed E-state index contributed by atoms with van der Waals surface area (Å²) in [7, 11) is 0. The van der Waals surface area contributed by atoms with Crippen molar-refractivity contribution in [1.29, 1.82) is 0 Å². The van der Waals surface area contributed by atoms with E-state index in [2.05, 4.69) is 43.4 Å². The van der Waals surface area contributed by atoms with Crippen LogP contribution < -0.4 is 0 Å². The van der Waals surface area contributed by atoms with Crippen molar-refractivity contribution in [1.82, 2.24) is 0 Å². The van der Waals surface area contributed by atoms with E-state index in [1.807, 2.05) is 0 Å². The topological polar surface area (TPSA) is 0 Å². The summed E-state index contributed by atoms with van der Waals surface area (Å²) in [5, 5.41) is 0. The van der Waals surface area contributed by atoms with E-state index < -0.39 is 0 Å². The fourth-order valence-corrected chi connectivity index (χ4v) is 2.07. The van der Waals surface area contributed by atoms with Gasteiger partial charge in [-0.2, -0.15) is 0 Å². The molecule has 0 bridgehead atoms. The van der Waals surface area contributed by atoms with Crippen LogP contribution in [0.3, 0.4) is 0 Å². The first kappa shape index (κ1) is 8.55. The Balaban J connectivity index is 2.16. The lowest BCUT2D eigenvalue weighted by Gasteiger charge is -2.20. The van der Waals surface area contributed by atoms with E-state index in [4.69, 9.17) is 0 Å². The molecule has 0 heterocycles. The molecule has 0 nitrogen and oxygen atoms in total. The molecule has 13 heavy (non-hydrogen) atoms. The van der Waals surface area contributed by atoms with Gasteiger partial charge < -0.3 is 0 Å². The maximum absolute atomic E-state index is 2.41. The molecular weight excluding hydrogens is 156 g/mol. The van der Waals surface area contributed by atoms with Crippen LogP contribution >= 0.6 is 0 Å². The highest BCUT2D eigenvalue weighted by molar-refractivity contribution is 5.38. The lowest BCUT2D eigenvalue weighted by Crippen LogP contribution is -2.05. The Labute approximate surface area is 80.3 Å². The Hall–Kier alpha value is -1.04. The minimum Gasteiger partial charge on any atom is -0.0836 e. The average Bonchev–Trinajstić information content (AvgIpc) is 2.20. The van der Waals surface area contributed by atoms with Crippen molar-refractivity contribution in [2.45, 2.75) is 26.2 Å². The highest BCUT2D eigenvalue weighted by Gasteiger charge is 2.14. The normalized spacial score (nSPS) is 27.0. The van der Waals surface area contributed by atoms with Gasteiger partial charge in [-0.3, -0.25) is 0 Å². The summed E-state index contributed by atoms with van der Waals surface area (Å²) in [6.45, 7) is 2.23. The first-order chi connectivity index (χ1) is 6.38. The van der Waals surface area contributed by atoms with E-state index in [0.717, 1.165) is 0 Å². The van der Waals surface area contributed by atoms with Crippen molar-refractivity contribution >= 4 is 0 Å². The molecule has 0 saturated carbocycles. The average molecular weight is 172 g/mol. The lowest BCUT2D eigenvalue weighted by molar-refractivity contribution is 0.755. The van der Waals surface area contributed by atoms with Gasteiger partial charge in [-0.05, 0) is 31.8 Å². The maximum Gasteiger partial charge on any atom is 0.00550 e. The Morgan fingerprint density at radius 3 is 2.69 bits per heavy atom. The first-order valence-electron chi connectivity index (χ1n) is 5.08. The van der Waals surface area contributed by atoms with Crippen LogP contribution in [0.1, 0.15) is 26.2 Å².